The molecular formula is C11H20N2O2. The van der Waals surface area contributed by atoms with Crippen molar-refractivity contribution in [2.45, 2.75) is 51.5 Å². The first-order chi connectivity index (χ1) is 7.00. The zero-order chi connectivity index (χ0) is 11.2. The van der Waals surface area contributed by atoms with E-state index in [0.717, 1.165) is 6.42 Å². The van der Waals surface area contributed by atoms with Crippen LogP contribution in [-0.4, -0.2) is 30.2 Å². The van der Waals surface area contributed by atoms with Crippen molar-refractivity contribution in [3.05, 3.63) is 0 Å². The first-order valence-electron chi connectivity index (χ1n) is 5.72. The second-order valence-corrected chi connectivity index (χ2v) is 4.95. The van der Waals surface area contributed by atoms with Crippen LogP contribution in [0.4, 0.5) is 0 Å². The van der Waals surface area contributed by atoms with Gasteiger partial charge >= 0.3 is 0 Å². The molecular weight excluding hydrogens is 192 g/mol. The van der Waals surface area contributed by atoms with Gasteiger partial charge in [-0.2, -0.15) is 0 Å². The highest BCUT2D eigenvalue weighted by Crippen LogP contribution is 2.33. The highest BCUT2D eigenvalue weighted by Gasteiger charge is 2.44. The number of carbonyl (C=O) groups excluding carboxylic acids is 1. The minimum absolute atomic E-state index is 0.0185. The Kier molecular flexibility index (Phi) is 2.73. The van der Waals surface area contributed by atoms with Crippen LogP contribution >= 0.6 is 0 Å². The van der Waals surface area contributed by atoms with E-state index >= 15 is 0 Å². The molecule has 1 heterocycles. The third kappa shape index (κ3) is 2.01. The van der Waals surface area contributed by atoms with Crippen LogP contribution in [0.3, 0.4) is 0 Å². The van der Waals surface area contributed by atoms with E-state index in [0.29, 0.717) is 0 Å². The van der Waals surface area contributed by atoms with Crippen molar-refractivity contribution in [2.24, 2.45) is 17.6 Å². The molecule has 0 spiro atoms. The van der Waals surface area contributed by atoms with Crippen LogP contribution < -0.4 is 11.1 Å². The Hall–Kier alpha value is -0.610. The van der Waals surface area contributed by atoms with Crippen LogP contribution in [0.5, 0.6) is 0 Å². The fourth-order valence-electron chi connectivity index (χ4n) is 2.38. The predicted octanol–water partition coefficient (Wildman–Crippen LogP) is 0.262. The van der Waals surface area contributed by atoms with Crippen LogP contribution in [0.15, 0.2) is 0 Å². The van der Waals surface area contributed by atoms with Gasteiger partial charge in [0.1, 0.15) is 0 Å². The molecule has 0 aromatic heterocycles. The van der Waals surface area contributed by atoms with Gasteiger partial charge in [0.25, 0.3) is 0 Å². The van der Waals surface area contributed by atoms with E-state index in [4.69, 9.17) is 10.5 Å². The van der Waals surface area contributed by atoms with Crippen LogP contribution in [0.25, 0.3) is 0 Å². The van der Waals surface area contributed by atoms with Crippen LogP contribution in [0.1, 0.15) is 27.2 Å². The third-order valence-corrected chi connectivity index (χ3v) is 3.71. The Balaban J connectivity index is 1.94. The molecule has 0 bridgehead atoms. The summed E-state index contributed by atoms with van der Waals surface area (Å²) in [5, 5.41) is 2.98. The molecule has 2 fully saturated rings. The minimum Gasteiger partial charge on any atom is -0.374 e. The molecule has 1 saturated carbocycles. The lowest BCUT2D eigenvalue weighted by molar-refractivity contribution is -0.127. The summed E-state index contributed by atoms with van der Waals surface area (Å²) in [6.07, 6.45) is 1.10. The summed E-state index contributed by atoms with van der Waals surface area (Å²) in [4.78, 5) is 12.0. The van der Waals surface area contributed by atoms with Gasteiger partial charge in [0.05, 0.1) is 18.1 Å². The van der Waals surface area contributed by atoms with E-state index in [2.05, 4.69) is 12.2 Å². The average Bonchev–Trinajstić information content (AvgIpc) is 2.73. The highest BCUT2D eigenvalue weighted by molar-refractivity contribution is 5.80. The van der Waals surface area contributed by atoms with Crippen LogP contribution in [-0.2, 0) is 9.53 Å². The fourth-order valence-corrected chi connectivity index (χ4v) is 2.38. The molecule has 86 valence electrons. The first-order valence-corrected chi connectivity index (χ1v) is 5.72. The Morgan fingerprint density at radius 3 is 2.33 bits per heavy atom. The molecule has 2 aliphatic rings. The van der Waals surface area contributed by atoms with Gasteiger partial charge in [-0.3, -0.25) is 4.79 Å². The average molecular weight is 212 g/mol. The second kappa shape index (κ2) is 3.76. The summed E-state index contributed by atoms with van der Waals surface area (Å²) >= 11 is 0. The predicted molar refractivity (Wildman–Crippen MR) is 57.2 cm³/mol. The van der Waals surface area contributed by atoms with Gasteiger partial charge in [0, 0.05) is 12.1 Å². The Morgan fingerprint density at radius 1 is 1.33 bits per heavy atom. The van der Waals surface area contributed by atoms with Crippen molar-refractivity contribution in [1.29, 1.82) is 0 Å². The minimum atomic E-state index is -0.0206. The van der Waals surface area contributed by atoms with E-state index in [9.17, 15) is 4.79 Å². The topological polar surface area (TPSA) is 64.3 Å². The third-order valence-electron chi connectivity index (χ3n) is 3.71. The largest absolute Gasteiger partial charge is 0.374 e. The number of nitrogens with two attached hydrogens (primary N) is 1. The Bertz CT molecular complexity index is 269. The number of hydrogen-bond acceptors (Lipinski definition) is 3. The smallest absolute Gasteiger partial charge is 0.226 e. The number of ether oxygens (including phenoxy) is 1. The maximum Gasteiger partial charge on any atom is 0.226 e. The van der Waals surface area contributed by atoms with Crippen molar-refractivity contribution < 1.29 is 9.53 Å². The summed E-state index contributed by atoms with van der Waals surface area (Å²) < 4.78 is 5.64. The molecule has 1 aliphatic carbocycles. The van der Waals surface area contributed by atoms with Gasteiger partial charge in [-0.05, 0) is 26.2 Å². The fraction of sp³-hybridized carbons (Fsp3) is 0.909. The molecule has 0 radical (unpaired) electrons. The summed E-state index contributed by atoms with van der Waals surface area (Å²) in [5.74, 6) is 0.375. The first kappa shape index (κ1) is 10.9. The van der Waals surface area contributed by atoms with E-state index in [-0.39, 0.29) is 42.0 Å². The van der Waals surface area contributed by atoms with Crippen LogP contribution in [0, 0.1) is 11.8 Å². The van der Waals surface area contributed by atoms with E-state index in [1.807, 2.05) is 13.8 Å². The molecule has 15 heavy (non-hydrogen) atoms. The lowest BCUT2D eigenvalue weighted by Gasteiger charge is -2.17. The van der Waals surface area contributed by atoms with Crippen molar-refractivity contribution in [2.75, 3.05) is 0 Å². The van der Waals surface area contributed by atoms with Gasteiger partial charge in [-0.1, -0.05) is 6.92 Å². The summed E-state index contributed by atoms with van der Waals surface area (Å²) in [5.41, 5.74) is 5.66. The SMILES string of the molecule is CC1OC(C)C(C(=O)NC2CC2N)C1C. The summed E-state index contributed by atoms with van der Waals surface area (Å²) in [6.45, 7) is 6.07. The molecule has 2 rings (SSSR count). The molecule has 4 heteroatoms. The van der Waals surface area contributed by atoms with Crippen molar-refractivity contribution in [3.63, 3.8) is 0 Å². The Labute approximate surface area is 90.5 Å². The van der Waals surface area contributed by atoms with E-state index in [1.54, 1.807) is 0 Å². The van der Waals surface area contributed by atoms with Crippen molar-refractivity contribution in [1.82, 2.24) is 5.32 Å². The highest BCUT2D eigenvalue weighted by atomic mass is 16.5. The maximum atomic E-state index is 12.0. The molecule has 1 saturated heterocycles. The monoisotopic (exact) mass is 212 g/mol. The number of rotatable bonds is 2. The normalized spacial score (nSPS) is 49.1. The Morgan fingerprint density at radius 2 is 1.93 bits per heavy atom. The zero-order valence-electron chi connectivity index (χ0n) is 9.57. The molecule has 3 N–H and O–H groups in total. The second-order valence-electron chi connectivity index (χ2n) is 4.95. The summed E-state index contributed by atoms with van der Waals surface area (Å²) in [6, 6.07) is 0.368. The van der Waals surface area contributed by atoms with Gasteiger partial charge in [-0.15, -0.1) is 0 Å². The molecule has 0 aromatic rings. The molecule has 1 aliphatic heterocycles. The zero-order valence-corrected chi connectivity index (χ0v) is 9.57. The quantitative estimate of drug-likeness (QED) is 0.690. The van der Waals surface area contributed by atoms with Gasteiger partial charge in [0.2, 0.25) is 5.91 Å². The van der Waals surface area contributed by atoms with Gasteiger partial charge in [0.15, 0.2) is 0 Å². The number of amides is 1. The van der Waals surface area contributed by atoms with Crippen LogP contribution in [0.2, 0.25) is 0 Å². The number of nitrogens with one attached hydrogen (secondary N) is 1. The van der Waals surface area contributed by atoms with E-state index in [1.165, 1.54) is 0 Å². The molecule has 6 atom stereocenters. The van der Waals surface area contributed by atoms with Gasteiger partial charge < -0.3 is 15.8 Å². The van der Waals surface area contributed by atoms with E-state index < -0.39 is 0 Å². The maximum absolute atomic E-state index is 12.0. The van der Waals surface area contributed by atoms with Crippen molar-refractivity contribution >= 4 is 5.91 Å². The van der Waals surface area contributed by atoms with Gasteiger partial charge in [-0.25, -0.2) is 0 Å². The number of hydrogen-bond donors (Lipinski definition) is 2. The summed E-state index contributed by atoms with van der Waals surface area (Å²) in [7, 11) is 0. The lowest BCUT2D eigenvalue weighted by Crippen LogP contribution is -2.39. The molecule has 0 aromatic carbocycles. The standard InChI is InChI=1S/C11H20N2O2/c1-5-6(2)15-7(3)10(5)11(14)13-9-4-8(9)12/h5-10H,4,12H2,1-3H3,(H,13,14). The molecule has 4 nitrogen and oxygen atoms in total. The molecule has 1 amide bonds. The molecule has 6 unspecified atom stereocenters. The van der Waals surface area contributed by atoms with Crippen molar-refractivity contribution in [3.8, 4) is 0 Å². The number of carbonyl (C=O) groups is 1. The lowest BCUT2D eigenvalue weighted by atomic mass is 9.89.